The lowest BCUT2D eigenvalue weighted by Crippen LogP contribution is -2.40. The van der Waals surface area contributed by atoms with Crippen LogP contribution in [-0.4, -0.2) is 62.2 Å². The van der Waals surface area contributed by atoms with Gasteiger partial charge in [-0.15, -0.1) is 0 Å². The van der Waals surface area contributed by atoms with E-state index in [2.05, 4.69) is 9.97 Å². The second kappa shape index (κ2) is 10.8. The predicted molar refractivity (Wildman–Crippen MR) is 150 cm³/mol. The number of amides is 3. The molecule has 3 amide bonds. The topological polar surface area (TPSA) is 104 Å². The molecule has 3 aliphatic rings. The monoisotopic (exact) mass is 578 g/mol. The Morgan fingerprint density at radius 1 is 1.02 bits per heavy atom. The van der Waals surface area contributed by atoms with E-state index in [0.29, 0.717) is 35.1 Å². The zero-order valence-electron chi connectivity index (χ0n) is 21.8. The van der Waals surface area contributed by atoms with Crippen LogP contribution in [0, 0.1) is 5.92 Å². The lowest BCUT2D eigenvalue weighted by atomic mass is 9.76. The summed E-state index contributed by atoms with van der Waals surface area (Å²) in [6.45, 7) is 1.39. The average molecular weight is 579 g/mol. The summed E-state index contributed by atoms with van der Waals surface area (Å²) in [5.74, 6) is -0.446. The third kappa shape index (κ3) is 4.84. The average Bonchev–Trinajstić information content (AvgIpc) is 3.08. The molecule has 2 aliphatic heterocycles. The van der Waals surface area contributed by atoms with Gasteiger partial charge in [0, 0.05) is 48.2 Å². The molecule has 1 unspecified atom stereocenters. The van der Waals surface area contributed by atoms with Gasteiger partial charge in [0.15, 0.2) is 0 Å². The van der Waals surface area contributed by atoms with Gasteiger partial charge in [0.25, 0.3) is 11.8 Å². The van der Waals surface area contributed by atoms with Gasteiger partial charge < -0.3 is 10.0 Å². The van der Waals surface area contributed by atoms with Gasteiger partial charge in [0.05, 0.1) is 17.5 Å². The zero-order valence-corrected chi connectivity index (χ0v) is 23.3. The number of fused-ring (bicyclic) bond motifs is 3. The van der Waals surface area contributed by atoms with Crippen molar-refractivity contribution in [1.29, 1.82) is 0 Å². The van der Waals surface area contributed by atoms with Crippen LogP contribution in [0.4, 0.5) is 0 Å². The van der Waals surface area contributed by atoms with E-state index in [1.54, 1.807) is 24.3 Å². The van der Waals surface area contributed by atoms with E-state index in [9.17, 15) is 19.5 Å². The van der Waals surface area contributed by atoms with Crippen LogP contribution in [0.3, 0.4) is 0 Å². The third-order valence-corrected chi connectivity index (χ3v) is 8.83. The fourth-order valence-electron chi connectivity index (χ4n) is 6.39. The number of aryl methyl sites for hydroxylation is 2. The molecule has 1 atom stereocenters. The molecular formula is C30H28Cl2N4O4. The number of halogens is 2. The van der Waals surface area contributed by atoms with Gasteiger partial charge in [-0.25, -0.2) is 0 Å². The number of piperidine rings is 1. The van der Waals surface area contributed by atoms with E-state index in [-0.39, 0.29) is 48.1 Å². The number of hydrogen-bond donors (Lipinski definition) is 1. The highest BCUT2D eigenvalue weighted by Gasteiger charge is 2.38. The van der Waals surface area contributed by atoms with E-state index in [4.69, 9.17) is 23.2 Å². The smallest absolute Gasteiger partial charge is 0.280 e. The number of benzene rings is 1. The molecule has 1 saturated heterocycles. The maximum absolute atomic E-state index is 13.1. The van der Waals surface area contributed by atoms with Crippen LogP contribution in [-0.2, 0) is 17.6 Å². The second-order valence-corrected chi connectivity index (χ2v) is 11.5. The highest BCUT2D eigenvalue weighted by atomic mass is 35.5. The summed E-state index contributed by atoms with van der Waals surface area (Å²) < 4.78 is 0. The number of likely N-dealkylation sites (tertiary alicyclic amines) is 1. The summed E-state index contributed by atoms with van der Waals surface area (Å²) >= 11 is 13.1. The molecule has 1 fully saturated rings. The van der Waals surface area contributed by atoms with Crippen molar-refractivity contribution in [3.63, 3.8) is 0 Å². The number of pyridine rings is 2. The molecule has 0 bridgehead atoms. The van der Waals surface area contributed by atoms with Crippen molar-refractivity contribution >= 4 is 40.9 Å². The first-order valence-corrected chi connectivity index (χ1v) is 14.3. The van der Waals surface area contributed by atoms with Gasteiger partial charge in [-0.3, -0.25) is 29.3 Å². The van der Waals surface area contributed by atoms with Crippen molar-refractivity contribution in [2.75, 3.05) is 19.6 Å². The van der Waals surface area contributed by atoms with Crippen LogP contribution >= 0.6 is 23.2 Å². The number of aromatic hydroxyl groups is 1. The standard InChI is InChI=1S/C30H28Cl2N4O4/c31-20-13-18-5-6-19-14-21(37)16-34-27(19)26(25(18)23(32)15-20)17-7-11-35(12-8-17)24(38)4-2-10-36-29(39)22-3-1-9-33-28(22)30(36)40/h1,3,9,13-17,26,37H,2,4-8,10-12H2. The van der Waals surface area contributed by atoms with Crippen LogP contribution in [0.25, 0.3) is 0 Å². The molecule has 1 N–H and O–H groups in total. The van der Waals surface area contributed by atoms with Crippen LogP contribution in [0.15, 0.2) is 42.7 Å². The molecule has 0 saturated carbocycles. The van der Waals surface area contributed by atoms with Crippen molar-refractivity contribution in [2.24, 2.45) is 5.92 Å². The lowest BCUT2D eigenvalue weighted by molar-refractivity contribution is -0.132. The van der Waals surface area contributed by atoms with Crippen LogP contribution in [0.1, 0.15) is 74.8 Å². The quantitative estimate of drug-likeness (QED) is 0.425. The minimum atomic E-state index is -0.403. The zero-order chi connectivity index (χ0) is 28.0. The molecule has 0 radical (unpaired) electrons. The summed E-state index contributed by atoms with van der Waals surface area (Å²) in [7, 11) is 0. The molecule has 4 heterocycles. The van der Waals surface area contributed by atoms with Crippen LogP contribution in [0.5, 0.6) is 5.75 Å². The van der Waals surface area contributed by atoms with Gasteiger partial charge in [-0.2, -0.15) is 0 Å². The fourth-order valence-corrected chi connectivity index (χ4v) is 7.05. The summed E-state index contributed by atoms with van der Waals surface area (Å²) in [6, 6.07) is 8.78. The molecule has 206 valence electrons. The first kappa shape index (κ1) is 26.7. The Morgan fingerprint density at radius 3 is 2.58 bits per heavy atom. The van der Waals surface area contributed by atoms with E-state index < -0.39 is 5.91 Å². The SMILES string of the molecule is O=C(CCCN1C(=O)c2cccnc2C1=O)N1CCC(C2c3ncc(O)cc3CCc3cc(Cl)cc(Cl)c32)CC1. The number of imide groups is 1. The Bertz CT molecular complexity index is 1480. The minimum absolute atomic E-state index is 0.0164. The summed E-state index contributed by atoms with van der Waals surface area (Å²) in [5.41, 5.74) is 4.57. The molecule has 3 aromatic rings. The Balaban J connectivity index is 1.12. The van der Waals surface area contributed by atoms with Crippen LogP contribution < -0.4 is 0 Å². The van der Waals surface area contributed by atoms with Crippen molar-refractivity contribution in [3.05, 3.63) is 86.4 Å². The number of rotatable bonds is 5. The number of hydrogen-bond acceptors (Lipinski definition) is 6. The Morgan fingerprint density at radius 2 is 1.80 bits per heavy atom. The largest absolute Gasteiger partial charge is 0.506 e. The molecule has 40 heavy (non-hydrogen) atoms. The van der Waals surface area contributed by atoms with Gasteiger partial charge in [0.2, 0.25) is 5.91 Å². The minimum Gasteiger partial charge on any atom is -0.506 e. The maximum atomic E-state index is 13.1. The number of aromatic nitrogens is 2. The Labute approximate surface area is 241 Å². The van der Waals surface area contributed by atoms with E-state index in [1.807, 2.05) is 11.0 Å². The molecule has 8 nitrogen and oxygen atoms in total. The maximum Gasteiger partial charge on any atom is 0.280 e. The van der Waals surface area contributed by atoms with Crippen LogP contribution in [0.2, 0.25) is 10.0 Å². The number of carbonyl (C=O) groups excluding carboxylic acids is 3. The molecular weight excluding hydrogens is 551 g/mol. The molecule has 10 heteroatoms. The fraction of sp³-hybridized carbons (Fsp3) is 0.367. The first-order valence-electron chi connectivity index (χ1n) is 13.6. The third-order valence-electron chi connectivity index (χ3n) is 8.30. The van der Waals surface area contributed by atoms with Gasteiger partial charge in [0.1, 0.15) is 11.4 Å². The van der Waals surface area contributed by atoms with Gasteiger partial charge >= 0.3 is 0 Å². The van der Waals surface area contributed by atoms with Gasteiger partial charge in [-0.05, 0) is 85.0 Å². The van der Waals surface area contributed by atoms with E-state index in [0.717, 1.165) is 48.1 Å². The summed E-state index contributed by atoms with van der Waals surface area (Å²) in [5, 5.41) is 11.3. The second-order valence-electron chi connectivity index (χ2n) is 10.7. The van der Waals surface area contributed by atoms with Crippen molar-refractivity contribution in [1.82, 2.24) is 19.8 Å². The Hall–Kier alpha value is -3.49. The highest BCUT2D eigenvalue weighted by molar-refractivity contribution is 6.35. The molecule has 0 spiro atoms. The van der Waals surface area contributed by atoms with E-state index >= 15 is 0 Å². The van der Waals surface area contributed by atoms with Crippen molar-refractivity contribution in [2.45, 2.75) is 44.4 Å². The highest BCUT2D eigenvalue weighted by Crippen LogP contribution is 2.46. The number of carbonyl (C=O) groups is 3. The number of nitrogens with zero attached hydrogens (tertiary/aromatic N) is 4. The lowest BCUT2D eigenvalue weighted by Gasteiger charge is -2.37. The first-order chi connectivity index (χ1) is 19.3. The van der Waals surface area contributed by atoms with Crippen molar-refractivity contribution < 1.29 is 19.5 Å². The van der Waals surface area contributed by atoms with Gasteiger partial charge in [-0.1, -0.05) is 23.2 Å². The molecule has 1 aliphatic carbocycles. The predicted octanol–water partition coefficient (Wildman–Crippen LogP) is 5.03. The summed E-state index contributed by atoms with van der Waals surface area (Å²) in [4.78, 5) is 49.9. The molecule has 2 aromatic heterocycles. The normalized spacial score (nSPS) is 18.8. The molecule has 1 aromatic carbocycles. The molecule has 6 rings (SSSR count). The summed E-state index contributed by atoms with van der Waals surface area (Å²) in [6.07, 6.45) is 6.69. The van der Waals surface area contributed by atoms with Crippen molar-refractivity contribution in [3.8, 4) is 5.75 Å². The Kier molecular flexibility index (Phi) is 7.23. The van der Waals surface area contributed by atoms with E-state index in [1.165, 1.54) is 17.3 Å².